The third kappa shape index (κ3) is 3.20. The Morgan fingerprint density at radius 3 is 2.52 bits per heavy atom. The van der Waals surface area contributed by atoms with E-state index in [0.29, 0.717) is 6.04 Å². The standard InChI is InChI=1S/C18H19N3/c1-15(16-8-3-2-4-9-16)19-14-17-10-5-6-11-18(17)21-13-7-12-20-21/h2-13,15,19H,14H2,1H3. The van der Waals surface area contributed by atoms with Crippen molar-refractivity contribution in [2.24, 2.45) is 0 Å². The number of hydrogen-bond donors (Lipinski definition) is 1. The van der Waals surface area contributed by atoms with Crippen molar-refractivity contribution in [3.63, 3.8) is 0 Å². The smallest absolute Gasteiger partial charge is 0.0690 e. The van der Waals surface area contributed by atoms with Gasteiger partial charge in [0.2, 0.25) is 0 Å². The molecule has 1 N–H and O–H groups in total. The summed E-state index contributed by atoms with van der Waals surface area (Å²) in [4.78, 5) is 0. The van der Waals surface area contributed by atoms with Crippen molar-refractivity contribution < 1.29 is 0 Å². The molecular weight excluding hydrogens is 258 g/mol. The van der Waals surface area contributed by atoms with Crippen LogP contribution in [0.3, 0.4) is 0 Å². The van der Waals surface area contributed by atoms with Crippen LogP contribution in [0.4, 0.5) is 0 Å². The van der Waals surface area contributed by atoms with Gasteiger partial charge in [-0.3, -0.25) is 0 Å². The number of nitrogens with one attached hydrogen (secondary N) is 1. The van der Waals surface area contributed by atoms with E-state index >= 15 is 0 Å². The maximum Gasteiger partial charge on any atom is 0.0690 e. The third-order valence-electron chi connectivity index (χ3n) is 3.64. The first-order valence-corrected chi connectivity index (χ1v) is 7.21. The molecule has 0 spiro atoms. The molecule has 0 aliphatic heterocycles. The molecule has 0 saturated carbocycles. The lowest BCUT2D eigenvalue weighted by atomic mass is 10.1. The fourth-order valence-electron chi connectivity index (χ4n) is 2.42. The Kier molecular flexibility index (Phi) is 4.12. The molecule has 0 amide bonds. The Bertz CT molecular complexity index is 675. The lowest BCUT2D eigenvalue weighted by molar-refractivity contribution is 0.572. The Balaban J connectivity index is 1.74. The van der Waals surface area contributed by atoms with Crippen LogP contribution in [-0.2, 0) is 6.54 Å². The normalized spacial score (nSPS) is 12.2. The molecule has 3 rings (SSSR count). The van der Waals surface area contributed by atoms with Crippen LogP contribution in [0.5, 0.6) is 0 Å². The van der Waals surface area contributed by atoms with E-state index in [1.807, 2.05) is 29.1 Å². The molecule has 0 aliphatic carbocycles. The Morgan fingerprint density at radius 1 is 1.00 bits per heavy atom. The summed E-state index contributed by atoms with van der Waals surface area (Å²) in [5.41, 5.74) is 3.66. The summed E-state index contributed by atoms with van der Waals surface area (Å²) in [6.45, 7) is 3.00. The third-order valence-corrected chi connectivity index (χ3v) is 3.64. The van der Waals surface area contributed by atoms with Gasteiger partial charge in [-0.25, -0.2) is 4.68 Å². The lowest BCUT2D eigenvalue weighted by Crippen LogP contribution is -2.19. The maximum atomic E-state index is 4.32. The average Bonchev–Trinajstić information content (AvgIpc) is 3.08. The second-order valence-electron chi connectivity index (χ2n) is 5.09. The highest BCUT2D eigenvalue weighted by Crippen LogP contribution is 2.16. The van der Waals surface area contributed by atoms with Gasteiger partial charge in [0.1, 0.15) is 0 Å². The number of hydrogen-bond acceptors (Lipinski definition) is 2. The molecule has 2 aromatic carbocycles. The first-order valence-electron chi connectivity index (χ1n) is 7.21. The minimum Gasteiger partial charge on any atom is -0.306 e. The molecule has 0 fully saturated rings. The zero-order valence-corrected chi connectivity index (χ0v) is 12.1. The van der Waals surface area contributed by atoms with Crippen LogP contribution >= 0.6 is 0 Å². The molecule has 0 bridgehead atoms. The molecule has 3 aromatic rings. The minimum absolute atomic E-state index is 0.317. The van der Waals surface area contributed by atoms with Crippen LogP contribution in [0, 0.1) is 0 Å². The first kappa shape index (κ1) is 13.6. The van der Waals surface area contributed by atoms with E-state index in [1.165, 1.54) is 11.1 Å². The van der Waals surface area contributed by atoms with Crippen LogP contribution in [0.25, 0.3) is 5.69 Å². The molecule has 0 radical (unpaired) electrons. The molecule has 1 unspecified atom stereocenters. The molecule has 3 nitrogen and oxygen atoms in total. The predicted molar refractivity (Wildman–Crippen MR) is 85.3 cm³/mol. The summed E-state index contributed by atoms with van der Waals surface area (Å²) in [7, 11) is 0. The quantitative estimate of drug-likeness (QED) is 0.770. The van der Waals surface area contributed by atoms with Crippen molar-refractivity contribution in [1.82, 2.24) is 15.1 Å². The summed E-state index contributed by atoms with van der Waals surface area (Å²) in [6, 6.07) is 21.1. The molecule has 1 atom stereocenters. The van der Waals surface area contributed by atoms with E-state index in [-0.39, 0.29) is 0 Å². The molecule has 1 aromatic heterocycles. The van der Waals surface area contributed by atoms with Crippen LogP contribution in [0.1, 0.15) is 24.1 Å². The van der Waals surface area contributed by atoms with Crippen molar-refractivity contribution in [2.45, 2.75) is 19.5 Å². The monoisotopic (exact) mass is 277 g/mol. The molecule has 1 heterocycles. The SMILES string of the molecule is CC(NCc1ccccc1-n1cccn1)c1ccccc1. The van der Waals surface area contributed by atoms with Crippen LogP contribution < -0.4 is 5.32 Å². The highest BCUT2D eigenvalue weighted by atomic mass is 15.3. The summed E-state index contributed by atoms with van der Waals surface area (Å²) in [5.74, 6) is 0. The van der Waals surface area contributed by atoms with Crippen molar-refractivity contribution in [3.8, 4) is 5.69 Å². The molecule has 0 aliphatic rings. The van der Waals surface area contributed by atoms with Crippen molar-refractivity contribution in [3.05, 3.63) is 84.2 Å². The zero-order chi connectivity index (χ0) is 14.5. The fraction of sp³-hybridized carbons (Fsp3) is 0.167. The van der Waals surface area contributed by atoms with E-state index in [0.717, 1.165) is 12.2 Å². The van der Waals surface area contributed by atoms with E-state index in [2.05, 4.69) is 59.8 Å². The summed E-state index contributed by atoms with van der Waals surface area (Å²) in [5, 5.41) is 7.90. The van der Waals surface area contributed by atoms with Crippen molar-refractivity contribution in [2.75, 3.05) is 0 Å². The number of benzene rings is 2. The number of para-hydroxylation sites is 1. The largest absolute Gasteiger partial charge is 0.306 e. The van der Waals surface area contributed by atoms with Crippen LogP contribution in [0.2, 0.25) is 0 Å². The predicted octanol–water partition coefficient (Wildman–Crippen LogP) is 3.72. The summed E-state index contributed by atoms with van der Waals surface area (Å²) >= 11 is 0. The molecule has 0 saturated heterocycles. The maximum absolute atomic E-state index is 4.32. The topological polar surface area (TPSA) is 29.9 Å². The Morgan fingerprint density at radius 2 is 1.76 bits per heavy atom. The van der Waals surface area contributed by atoms with Gasteiger partial charge in [-0.05, 0) is 30.2 Å². The van der Waals surface area contributed by atoms with Gasteiger partial charge in [0.15, 0.2) is 0 Å². The molecule has 21 heavy (non-hydrogen) atoms. The molecule has 106 valence electrons. The van der Waals surface area contributed by atoms with Crippen LogP contribution in [0.15, 0.2) is 73.1 Å². The number of rotatable bonds is 5. The highest BCUT2D eigenvalue weighted by Gasteiger charge is 2.07. The highest BCUT2D eigenvalue weighted by molar-refractivity contribution is 5.40. The minimum atomic E-state index is 0.317. The van der Waals surface area contributed by atoms with Gasteiger partial charge in [-0.15, -0.1) is 0 Å². The van der Waals surface area contributed by atoms with Crippen LogP contribution in [-0.4, -0.2) is 9.78 Å². The second kappa shape index (κ2) is 6.37. The molecule has 3 heteroatoms. The van der Waals surface area contributed by atoms with Crippen molar-refractivity contribution >= 4 is 0 Å². The second-order valence-corrected chi connectivity index (χ2v) is 5.09. The number of aromatic nitrogens is 2. The van der Waals surface area contributed by atoms with Gasteiger partial charge >= 0.3 is 0 Å². The van der Waals surface area contributed by atoms with Gasteiger partial charge in [-0.2, -0.15) is 5.10 Å². The van der Waals surface area contributed by atoms with E-state index < -0.39 is 0 Å². The summed E-state index contributed by atoms with van der Waals surface area (Å²) in [6.07, 6.45) is 3.77. The summed E-state index contributed by atoms with van der Waals surface area (Å²) < 4.78 is 1.91. The van der Waals surface area contributed by atoms with Gasteiger partial charge in [0, 0.05) is 25.0 Å². The van der Waals surface area contributed by atoms with Gasteiger partial charge < -0.3 is 5.32 Å². The average molecular weight is 277 g/mol. The van der Waals surface area contributed by atoms with Crippen molar-refractivity contribution in [1.29, 1.82) is 0 Å². The lowest BCUT2D eigenvalue weighted by Gasteiger charge is -2.16. The van der Waals surface area contributed by atoms with Gasteiger partial charge in [0.25, 0.3) is 0 Å². The first-order chi connectivity index (χ1) is 10.3. The van der Waals surface area contributed by atoms with E-state index in [1.54, 1.807) is 6.20 Å². The van der Waals surface area contributed by atoms with Gasteiger partial charge in [0.05, 0.1) is 5.69 Å². The Hall–Kier alpha value is -2.39. The van der Waals surface area contributed by atoms with Gasteiger partial charge in [-0.1, -0.05) is 48.5 Å². The Labute approximate surface area is 125 Å². The van der Waals surface area contributed by atoms with E-state index in [9.17, 15) is 0 Å². The van der Waals surface area contributed by atoms with E-state index in [4.69, 9.17) is 0 Å². The zero-order valence-electron chi connectivity index (χ0n) is 12.1. The fourth-order valence-corrected chi connectivity index (χ4v) is 2.42. The number of nitrogens with zero attached hydrogens (tertiary/aromatic N) is 2. The molecular formula is C18H19N3.